The number of hydrogen-bond acceptors (Lipinski definition) is 8. The SMILES string of the molecule is O=[SH](=O)N[C@@H](c1ccccc1)c1ccc(Oc2ncccc2-c2ccnc(N[C@H]3CCCNC3)n2)c(F)c1Cl. The molecule has 1 aliphatic rings. The van der Waals surface area contributed by atoms with Crippen LogP contribution in [-0.2, 0) is 10.9 Å². The Labute approximate surface area is 231 Å². The Morgan fingerprint density at radius 1 is 1.05 bits per heavy atom. The molecule has 39 heavy (non-hydrogen) atoms. The molecule has 1 saturated heterocycles. The number of nitrogens with zero attached hydrogens (tertiary/aromatic N) is 3. The van der Waals surface area contributed by atoms with Crippen LogP contribution in [0.5, 0.6) is 11.6 Å². The summed E-state index contributed by atoms with van der Waals surface area (Å²) in [4.78, 5) is 13.3. The van der Waals surface area contributed by atoms with Crippen molar-refractivity contribution in [1.82, 2.24) is 25.0 Å². The van der Waals surface area contributed by atoms with Gasteiger partial charge in [-0.15, -0.1) is 0 Å². The van der Waals surface area contributed by atoms with Gasteiger partial charge in [0.1, 0.15) is 0 Å². The number of rotatable bonds is 9. The van der Waals surface area contributed by atoms with E-state index in [0.29, 0.717) is 22.8 Å². The third-order valence-electron chi connectivity index (χ3n) is 6.29. The Balaban J connectivity index is 1.43. The summed E-state index contributed by atoms with van der Waals surface area (Å²) in [6, 6.07) is 16.3. The van der Waals surface area contributed by atoms with Gasteiger partial charge in [-0.2, -0.15) is 0 Å². The largest absolute Gasteiger partial charge is 0.435 e. The number of hydrogen-bond donors (Lipinski definition) is 4. The molecule has 0 unspecified atom stereocenters. The Kier molecular flexibility index (Phi) is 8.62. The molecule has 0 bridgehead atoms. The average Bonchev–Trinajstić information content (AvgIpc) is 2.96. The lowest BCUT2D eigenvalue weighted by Crippen LogP contribution is -2.38. The lowest BCUT2D eigenvalue weighted by atomic mass is 9.99. The summed E-state index contributed by atoms with van der Waals surface area (Å²) in [6.45, 7) is 1.83. The number of benzene rings is 2. The number of pyridine rings is 1. The number of aromatic nitrogens is 3. The van der Waals surface area contributed by atoms with E-state index in [1.165, 1.54) is 18.3 Å². The second-order valence-electron chi connectivity index (χ2n) is 8.92. The van der Waals surface area contributed by atoms with Crippen molar-refractivity contribution >= 4 is 28.4 Å². The van der Waals surface area contributed by atoms with Crippen molar-refractivity contribution in [3.05, 3.63) is 95.0 Å². The highest BCUT2D eigenvalue weighted by Gasteiger charge is 2.23. The summed E-state index contributed by atoms with van der Waals surface area (Å²) in [7, 11) is -2.99. The van der Waals surface area contributed by atoms with Gasteiger partial charge in [0, 0.05) is 25.0 Å². The van der Waals surface area contributed by atoms with Gasteiger partial charge < -0.3 is 15.4 Å². The molecule has 12 heteroatoms. The fraction of sp³-hybridized carbons (Fsp3) is 0.222. The Hall–Kier alpha value is -3.64. The molecule has 0 spiro atoms. The van der Waals surface area contributed by atoms with E-state index in [2.05, 4.69) is 30.3 Å². The second kappa shape index (κ2) is 12.5. The van der Waals surface area contributed by atoms with E-state index in [1.807, 2.05) is 0 Å². The Morgan fingerprint density at radius 3 is 2.67 bits per heavy atom. The number of piperidine rings is 1. The van der Waals surface area contributed by atoms with Gasteiger partial charge in [-0.3, -0.25) is 0 Å². The number of ether oxygens (including phenoxy) is 1. The Bertz CT molecular complexity index is 1510. The lowest BCUT2D eigenvalue weighted by Gasteiger charge is -2.23. The number of nitrogens with one attached hydrogen (secondary N) is 3. The molecule has 0 saturated carbocycles. The molecule has 3 heterocycles. The van der Waals surface area contributed by atoms with Gasteiger partial charge in [-0.25, -0.2) is 32.5 Å². The molecule has 0 aliphatic carbocycles. The first-order valence-corrected chi connectivity index (χ1v) is 13.9. The van der Waals surface area contributed by atoms with Gasteiger partial charge in [-0.05, 0) is 54.8 Å². The van der Waals surface area contributed by atoms with E-state index in [1.54, 1.807) is 54.7 Å². The summed E-state index contributed by atoms with van der Waals surface area (Å²) >= 11 is 6.42. The molecule has 1 aliphatic heterocycles. The van der Waals surface area contributed by atoms with Crippen LogP contribution in [0.2, 0.25) is 5.02 Å². The number of thiol groups is 1. The number of anilines is 1. The summed E-state index contributed by atoms with van der Waals surface area (Å²) in [5, 5.41) is 6.43. The highest BCUT2D eigenvalue weighted by atomic mass is 35.5. The molecule has 2 atom stereocenters. The first kappa shape index (κ1) is 26.9. The molecule has 3 N–H and O–H groups in total. The van der Waals surface area contributed by atoms with E-state index >= 15 is 4.39 Å². The zero-order valence-corrected chi connectivity index (χ0v) is 22.3. The van der Waals surface area contributed by atoms with E-state index in [0.717, 1.165) is 25.9 Å². The first-order chi connectivity index (χ1) is 19.0. The van der Waals surface area contributed by atoms with Crippen LogP contribution in [0.3, 0.4) is 0 Å². The standard InChI is InChI=1S/C27H26ClFN6O3S/c28-23-20(25(35-39(36)37)17-6-2-1-3-7-17)10-11-22(24(23)29)38-26-19(9-5-14-31-26)21-12-15-32-27(34-21)33-18-8-4-13-30-16-18/h1-3,5-7,9-12,14-15,18,25,30,39H,4,8,13,16H2,(H,32,33,34)(H,35,36,37)/t18-,25-/m0/s1. The summed E-state index contributed by atoms with van der Waals surface area (Å²) in [5.41, 5.74) is 1.94. The van der Waals surface area contributed by atoms with Crippen LogP contribution >= 0.6 is 11.6 Å². The van der Waals surface area contributed by atoms with E-state index < -0.39 is 22.7 Å². The summed E-state index contributed by atoms with van der Waals surface area (Å²) in [5.74, 6) is -0.400. The highest BCUT2D eigenvalue weighted by molar-refractivity contribution is 7.70. The minimum atomic E-state index is -2.99. The van der Waals surface area contributed by atoms with Crippen LogP contribution in [0.1, 0.15) is 30.0 Å². The van der Waals surface area contributed by atoms with Gasteiger partial charge in [0.15, 0.2) is 11.6 Å². The third-order valence-corrected chi connectivity index (χ3v) is 7.15. The van der Waals surface area contributed by atoms with Crippen molar-refractivity contribution < 1.29 is 17.5 Å². The normalized spacial score (nSPS) is 16.1. The highest BCUT2D eigenvalue weighted by Crippen LogP contribution is 2.38. The van der Waals surface area contributed by atoms with Crippen molar-refractivity contribution in [3.63, 3.8) is 0 Å². The van der Waals surface area contributed by atoms with Gasteiger partial charge in [0.25, 0.3) is 0 Å². The van der Waals surface area contributed by atoms with Gasteiger partial charge in [-0.1, -0.05) is 48.0 Å². The fourth-order valence-corrected chi connectivity index (χ4v) is 5.19. The van der Waals surface area contributed by atoms with Gasteiger partial charge >= 0.3 is 0 Å². The molecule has 202 valence electrons. The number of halogens is 2. The van der Waals surface area contributed by atoms with E-state index in [9.17, 15) is 8.42 Å². The molecule has 0 radical (unpaired) electrons. The fourth-order valence-electron chi connectivity index (χ4n) is 4.43. The average molecular weight is 569 g/mol. The predicted molar refractivity (Wildman–Crippen MR) is 148 cm³/mol. The van der Waals surface area contributed by atoms with Crippen LogP contribution in [0, 0.1) is 5.82 Å². The second-order valence-corrected chi connectivity index (χ2v) is 10.1. The molecule has 1 fully saturated rings. The lowest BCUT2D eigenvalue weighted by molar-refractivity contribution is 0.428. The predicted octanol–water partition coefficient (Wildman–Crippen LogP) is 4.49. The molecule has 0 amide bonds. The van der Waals surface area contributed by atoms with Crippen molar-refractivity contribution in [2.24, 2.45) is 0 Å². The third kappa shape index (κ3) is 6.51. The van der Waals surface area contributed by atoms with Crippen molar-refractivity contribution in [2.45, 2.75) is 24.9 Å². The van der Waals surface area contributed by atoms with Crippen LogP contribution in [-0.4, -0.2) is 42.5 Å². The van der Waals surface area contributed by atoms with Crippen molar-refractivity contribution in [1.29, 1.82) is 0 Å². The monoisotopic (exact) mass is 568 g/mol. The molecular formula is C27H26ClFN6O3S. The topological polar surface area (TPSA) is 118 Å². The quantitative estimate of drug-likeness (QED) is 0.218. The minimum absolute atomic E-state index is 0.129. The van der Waals surface area contributed by atoms with Crippen molar-refractivity contribution in [3.8, 4) is 22.9 Å². The van der Waals surface area contributed by atoms with Crippen LogP contribution in [0.15, 0.2) is 73.1 Å². The van der Waals surface area contributed by atoms with Crippen molar-refractivity contribution in [2.75, 3.05) is 18.4 Å². The maximum Gasteiger partial charge on any atom is 0.228 e. The van der Waals surface area contributed by atoms with Gasteiger partial charge in [0.2, 0.25) is 22.7 Å². The summed E-state index contributed by atoms with van der Waals surface area (Å²) in [6.07, 6.45) is 5.26. The minimum Gasteiger partial charge on any atom is -0.435 e. The molecule has 2 aromatic carbocycles. The maximum atomic E-state index is 15.5. The molecular weight excluding hydrogens is 543 g/mol. The summed E-state index contributed by atoms with van der Waals surface area (Å²) < 4.78 is 46.9. The maximum absolute atomic E-state index is 15.5. The Morgan fingerprint density at radius 2 is 1.90 bits per heavy atom. The van der Waals surface area contributed by atoms with E-state index in [4.69, 9.17) is 16.3 Å². The van der Waals surface area contributed by atoms with Crippen LogP contribution in [0.4, 0.5) is 10.3 Å². The van der Waals surface area contributed by atoms with Gasteiger partial charge in [0.05, 0.1) is 22.3 Å². The van der Waals surface area contributed by atoms with Crippen LogP contribution in [0.25, 0.3) is 11.3 Å². The molecule has 9 nitrogen and oxygen atoms in total. The van der Waals surface area contributed by atoms with Crippen LogP contribution < -0.4 is 20.1 Å². The molecule has 2 aromatic heterocycles. The smallest absolute Gasteiger partial charge is 0.228 e. The molecule has 5 rings (SSSR count). The first-order valence-electron chi connectivity index (χ1n) is 12.4. The zero-order chi connectivity index (χ0) is 27.2. The van der Waals surface area contributed by atoms with E-state index in [-0.39, 0.29) is 28.3 Å². The zero-order valence-electron chi connectivity index (χ0n) is 20.7. The molecule has 4 aromatic rings.